The number of hydrogen-bond acceptors (Lipinski definition) is 3. The molecule has 2 fully saturated rings. The predicted molar refractivity (Wildman–Crippen MR) is 71.7 cm³/mol. The van der Waals surface area contributed by atoms with Crippen molar-refractivity contribution in [2.75, 3.05) is 0 Å². The molecule has 4 atom stereocenters. The molecule has 4 nitrogen and oxygen atoms in total. The second-order valence-electron chi connectivity index (χ2n) is 6.00. The molecule has 0 heterocycles. The molecule has 2 bridgehead atoms. The normalized spacial score (nSPS) is 30.5. The molecule has 1 aromatic carbocycles. The van der Waals surface area contributed by atoms with Crippen LogP contribution in [0.15, 0.2) is 24.3 Å². The maximum atomic E-state index is 11.0. The summed E-state index contributed by atoms with van der Waals surface area (Å²) in [6.45, 7) is 0. The van der Waals surface area contributed by atoms with Gasteiger partial charge in [-0.15, -0.1) is 0 Å². The topological polar surface area (TPSA) is 63.4 Å². The third-order valence-corrected chi connectivity index (χ3v) is 4.90. The standard InChI is InChI=1S/C15H19NO3/c17-15(13-8-10-5-6-11(13)7-10)9-12-3-1-2-4-14(12)16(18)19/h1-4,10-11,13,15,17H,5-9H2. The van der Waals surface area contributed by atoms with E-state index in [0.29, 0.717) is 23.8 Å². The molecule has 2 aliphatic rings. The van der Waals surface area contributed by atoms with Crippen LogP contribution in [-0.2, 0) is 6.42 Å². The molecule has 102 valence electrons. The Hall–Kier alpha value is -1.42. The van der Waals surface area contributed by atoms with E-state index in [2.05, 4.69) is 0 Å². The van der Waals surface area contributed by atoms with E-state index in [1.807, 2.05) is 0 Å². The Morgan fingerprint density at radius 3 is 2.74 bits per heavy atom. The minimum absolute atomic E-state index is 0.129. The number of nitro benzene ring substituents is 1. The summed E-state index contributed by atoms with van der Waals surface area (Å²) in [5, 5.41) is 21.4. The van der Waals surface area contributed by atoms with Crippen molar-refractivity contribution in [1.29, 1.82) is 0 Å². The molecule has 2 saturated carbocycles. The van der Waals surface area contributed by atoms with Gasteiger partial charge < -0.3 is 5.11 Å². The third-order valence-electron chi connectivity index (χ3n) is 4.90. The molecule has 4 heteroatoms. The van der Waals surface area contributed by atoms with Gasteiger partial charge in [-0.2, -0.15) is 0 Å². The van der Waals surface area contributed by atoms with Gasteiger partial charge >= 0.3 is 0 Å². The molecule has 0 aliphatic heterocycles. The molecule has 0 saturated heterocycles. The summed E-state index contributed by atoms with van der Waals surface area (Å²) in [6, 6.07) is 6.75. The first-order valence-electron chi connectivity index (χ1n) is 7.05. The van der Waals surface area contributed by atoms with Gasteiger partial charge in [0.2, 0.25) is 0 Å². The minimum atomic E-state index is -0.434. The first-order valence-corrected chi connectivity index (χ1v) is 7.05. The Morgan fingerprint density at radius 1 is 1.32 bits per heavy atom. The fourth-order valence-electron chi connectivity index (χ4n) is 4.00. The molecular weight excluding hydrogens is 242 g/mol. The maximum Gasteiger partial charge on any atom is 0.272 e. The summed E-state index contributed by atoms with van der Waals surface area (Å²) in [6.07, 6.45) is 4.86. The average molecular weight is 261 g/mol. The highest BCUT2D eigenvalue weighted by molar-refractivity contribution is 5.40. The van der Waals surface area contributed by atoms with E-state index in [-0.39, 0.29) is 10.6 Å². The third kappa shape index (κ3) is 2.37. The van der Waals surface area contributed by atoms with Crippen LogP contribution in [0.25, 0.3) is 0 Å². The van der Waals surface area contributed by atoms with Crippen molar-refractivity contribution in [1.82, 2.24) is 0 Å². The van der Waals surface area contributed by atoms with Gasteiger partial charge in [-0.1, -0.05) is 24.6 Å². The Balaban J connectivity index is 1.73. The summed E-state index contributed by atoms with van der Waals surface area (Å²) in [4.78, 5) is 10.6. The largest absolute Gasteiger partial charge is 0.392 e. The number of aliphatic hydroxyl groups is 1. The Labute approximate surface area is 112 Å². The van der Waals surface area contributed by atoms with Crippen molar-refractivity contribution >= 4 is 5.69 Å². The number of benzene rings is 1. The van der Waals surface area contributed by atoms with Crippen molar-refractivity contribution in [3.8, 4) is 0 Å². The molecule has 0 amide bonds. The highest BCUT2D eigenvalue weighted by Crippen LogP contribution is 2.50. The molecular formula is C15H19NO3. The summed E-state index contributed by atoms with van der Waals surface area (Å²) in [7, 11) is 0. The van der Waals surface area contributed by atoms with Crippen molar-refractivity contribution in [3.63, 3.8) is 0 Å². The monoisotopic (exact) mass is 261 g/mol. The van der Waals surface area contributed by atoms with Gasteiger partial charge in [-0.3, -0.25) is 10.1 Å². The fourth-order valence-corrected chi connectivity index (χ4v) is 4.00. The van der Waals surface area contributed by atoms with Crippen LogP contribution >= 0.6 is 0 Å². The zero-order chi connectivity index (χ0) is 13.4. The number of para-hydroxylation sites is 1. The van der Waals surface area contributed by atoms with Gasteiger partial charge in [0.15, 0.2) is 0 Å². The number of hydrogen-bond donors (Lipinski definition) is 1. The SMILES string of the molecule is O=[N+]([O-])c1ccccc1CC(O)C1CC2CCC1C2. The number of nitrogens with zero attached hydrogens (tertiary/aromatic N) is 1. The van der Waals surface area contributed by atoms with Crippen molar-refractivity contribution in [2.45, 2.75) is 38.2 Å². The van der Waals surface area contributed by atoms with E-state index in [1.165, 1.54) is 25.3 Å². The molecule has 0 aromatic heterocycles. The van der Waals surface area contributed by atoms with Crippen LogP contribution in [0.3, 0.4) is 0 Å². The van der Waals surface area contributed by atoms with E-state index in [4.69, 9.17) is 0 Å². The summed E-state index contributed by atoms with van der Waals surface area (Å²) >= 11 is 0. The lowest BCUT2D eigenvalue weighted by Crippen LogP contribution is -2.27. The predicted octanol–water partition coefficient (Wildman–Crippen LogP) is 2.93. The van der Waals surface area contributed by atoms with Gasteiger partial charge in [-0.05, 0) is 37.0 Å². The van der Waals surface area contributed by atoms with Gasteiger partial charge in [-0.25, -0.2) is 0 Å². The highest BCUT2D eigenvalue weighted by Gasteiger charge is 2.42. The van der Waals surface area contributed by atoms with Crippen LogP contribution in [0.4, 0.5) is 5.69 Å². The molecule has 0 spiro atoms. The zero-order valence-electron chi connectivity index (χ0n) is 10.9. The lowest BCUT2D eigenvalue weighted by Gasteiger charge is -2.26. The molecule has 0 radical (unpaired) electrons. The van der Waals surface area contributed by atoms with Crippen molar-refractivity contribution < 1.29 is 10.0 Å². The molecule has 19 heavy (non-hydrogen) atoms. The number of rotatable bonds is 4. The zero-order valence-corrected chi connectivity index (χ0v) is 10.9. The second-order valence-corrected chi connectivity index (χ2v) is 6.00. The summed E-state index contributed by atoms with van der Waals surface area (Å²) < 4.78 is 0. The summed E-state index contributed by atoms with van der Waals surface area (Å²) in [5.74, 6) is 1.77. The smallest absolute Gasteiger partial charge is 0.272 e. The van der Waals surface area contributed by atoms with Crippen LogP contribution in [0.1, 0.15) is 31.2 Å². The van der Waals surface area contributed by atoms with Crippen LogP contribution in [0.2, 0.25) is 0 Å². The second kappa shape index (κ2) is 4.93. The van der Waals surface area contributed by atoms with Gasteiger partial charge in [0.1, 0.15) is 0 Å². The van der Waals surface area contributed by atoms with E-state index < -0.39 is 6.10 Å². The number of fused-ring (bicyclic) bond motifs is 2. The first-order chi connectivity index (χ1) is 9.15. The van der Waals surface area contributed by atoms with E-state index in [0.717, 1.165) is 12.3 Å². The molecule has 1 aromatic rings. The lowest BCUT2D eigenvalue weighted by molar-refractivity contribution is -0.385. The molecule has 3 rings (SSSR count). The van der Waals surface area contributed by atoms with Gasteiger partial charge in [0.05, 0.1) is 11.0 Å². The lowest BCUT2D eigenvalue weighted by atomic mass is 9.82. The first kappa shape index (κ1) is 12.6. The number of nitro groups is 1. The Morgan fingerprint density at radius 2 is 2.11 bits per heavy atom. The highest BCUT2D eigenvalue weighted by atomic mass is 16.6. The minimum Gasteiger partial charge on any atom is -0.392 e. The van der Waals surface area contributed by atoms with E-state index in [1.54, 1.807) is 18.2 Å². The van der Waals surface area contributed by atoms with Crippen molar-refractivity contribution in [2.24, 2.45) is 17.8 Å². The van der Waals surface area contributed by atoms with E-state index in [9.17, 15) is 15.2 Å². The Kier molecular flexibility index (Phi) is 3.27. The van der Waals surface area contributed by atoms with E-state index >= 15 is 0 Å². The molecule has 1 N–H and O–H groups in total. The number of aliphatic hydroxyl groups excluding tert-OH is 1. The average Bonchev–Trinajstić information content (AvgIpc) is 3.01. The van der Waals surface area contributed by atoms with Crippen LogP contribution < -0.4 is 0 Å². The Bertz CT molecular complexity index is 488. The van der Waals surface area contributed by atoms with Crippen LogP contribution in [0, 0.1) is 27.9 Å². The molecule has 2 aliphatic carbocycles. The fraction of sp³-hybridized carbons (Fsp3) is 0.600. The van der Waals surface area contributed by atoms with Crippen molar-refractivity contribution in [3.05, 3.63) is 39.9 Å². The maximum absolute atomic E-state index is 11.0. The van der Waals surface area contributed by atoms with Crippen LogP contribution in [0.5, 0.6) is 0 Å². The summed E-state index contributed by atoms with van der Waals surface area (Å²) in [5.41, 5.74) is 0.785. The van der Waals surface area contributed by atoms with Gasteiger partial charge in [0, 0.05) is 18.1 Å². The molecule has 4 unspecified atom stereocenters. The van der Waals surface area contributed by atoms with Gasteiger partial charge in [0.25, 0.3) is 5.69 Å². The van der Waals surface area contributed by atoms with Crippen LogP contribution in [-0.4, -0.2) is 16.1 Å². The quantitative estimate of drug-likeness (QED) is 0.669.